The highest BCUT2D eigenvalue weighted by Gasteiger charge is 2.29. The Kier molecular flexibility index (Phi) is 5.12. The predicted molar refractivity (Wildman–Crippen MR) is 81.4 cm³/mol. The number of carbonyl (C=O) groups excluding carboxylic acids is 1. The van der Waals surface area contributed by atoms with E-state index in [1.165, 1.54) is 0 Å². The van der Waals surface area contributed by atoms with Crippen LogP contribution in [0.15, 0.2) is 6.20 Å². The quantitative estimate of drug-likeness (QED) is 0.859. The Hall–Kier alpha value is -1.69. The fourth-order valence-electron chi connectivity index (χ4n) is 2.47. The summed E-state index contributed by atoms with van der Waals surface area (Å²) in [7, 11) is 0. The van der Waals surface area contributed by atoms with Crippen molar-refractivity contribution in [2.75, 3.05) is 31.6 Å². The highest BCUT2D eigenvalue weighted by Crippen LogP contribution is 2.22. The van der Waals surface area contributed by atoms with E-state index in [9.17, 15) is 9.90 Å². The average molecular weight is 292 g/mol. The highest BCUT2D eigenvalue weighted by atomic mass is 16.3. The first kappa shape index (κ1) is 15.7. The van der Waals surface area contributed by atoms with Crippen molar-refractivity contribution in [3.05, 3.63) is 17.7 Å². The fourth-order valence-corrected chi connectivity index (χ4v) is 2.47. The monoisotopic (exact) mass is 292 g/mol. The van der Waals surface area contributed by atoms with Crippen LogP contribution < -0.4 is 5.32 Å². The largest absolute Gasteiger partial charge is 0.396 e. The molecule has 6 heteroatoms. The van der Waals surface area contributed by atoms with Crippen LogP contribution in [-0.2, 0) is 0 Å². The lowest BCUT2D eigenvalue weighted by Crippen LogP contribution is -2.31. The first-order chi connectivity index (χ1) is 10.1. The molecule has 1 aromatic heterocycles. The van der Waals surface area contributed by atoms with Crippen LogP contribution in [0.1, 0.15) is 49.4 Å². The molecule has 1 aromatic rings. The second kappa shape index (κ2) is 6.85. The summed E-state index contributed by atoms with van der Waals surface area (Å²) < 4.78 is 0. The molecule has 2 rings (SSSR count). The lowest BCUT2D eigenvalue weighted by Gasteiger charge is -2.18. The molecular formula is C15H24N4O2. The number of likely N-dealkylation sites (tertiary alicyclic amines) is 1. The van der Waals surface area contributed by atoms with E-state index in [0.717, 1.165) is 6.42 Å². The minimum Gasteiger partial charge on any atom is -0.396 e. The van der Waals surface area contributed by atoms with Crippen molar-refractivity contribution in [3.63, 3.8) is 0 Å². The molecule has 0 aliphatic carbocycles. The van der Waals surface area contributed by atoms with Gasteiger partial charge < -0.3 is 15.3 Å². The van der Waals surface area contributed by atoms with Gasteiger partial charge in [0.2, 0.25) is 0 Å². The molecule has 116 valence electrons. The summed E-state index contributed by atoms with van der Waals surface area (Å²) in [5, 5.41) is 12.4. The van der Waals surface area contributed by atoms with E-state index >= 15 is 0 Å². The van der Waals surface area contributed by atoms with Crippen LogP contribution in [-0.4, -0.2) is 52.1 Å². The Morgan fingerprint density at radius 2 is 2.33 bits per heavy atom. The molecule has 2 heterocycles. The van der Waals surface area contributed by atoms with Crippen molar-refractivity contribution >= 4 is 11.6 Å². The number of aliphatic hydroxyl groups is 1. The van der Waals surface area contributed by atoms with Crippen molar-refractivity contribution in [1.29, 1.82) is 0 Å². The van der Waals surface area contributed by atoms with Gasteiger partial charge in [0.05, 0.1) is 11.9 Å². The van der Waals surface area contributed by atoms with Crippen LogP contribution in [0.5, 0.6) is 0 Å². The second-order valence-corrected chi connectivity index (χ2v) is 5.76. The van der Waals surface area contributed by atoms with Crippen LogP contribution in [0, 0.1) is 5.92 Å². The number of nitrogens with one attached hydrogen (secondary N) is 1. The summed E-state index contributed by atoms with van der Waals surface area (Å²) in [6.07, 6.45) is 2.54. The molecule has 1 saturated heterocycles. The minimum absolute atomic E-state index is 0.0776. The van der Waals surface area contributed by atoms with Crippen molar-refractivity contribution in [1.82, 2.24) is 14.9 Å². The molecule has 1 aliphatic rings. The molecule has 0 saturated carbocycles. The predicted octanol–water partition coefficient (Wildman–Crippen LogP) is 1.49. The van der Waals surface area contributed by atoms with E-state index in [-0.39, 0.29) is 24.3 Å². The zero-order chi connectivity index (χ0) is 15.4. The van der Waals surface area contributed by atoms with Crippen LogP contribution >= 0.6 is 0 Å². The Bertz CT molecular complexity index is 504. The van der Waals surface area contributed by atoms with E-state index in [4.69, 9.17) is 0 Å². The van der Waals surface area contributed by atoms with Gasteiger partial charge in [0, 0.05) is 38.1 Å². The van der Waals surface area contributed by atoms with Gasteiger partial charge in [-0.25, -0.2) is 9.97 Å². The maximum atomic E-state index is 12.7. The summed E-state index contributed by atoms with van der Waals surface area (Å²) >= 11 is 0. The van der Waals surface area contributed by atoms with E-state index in [2.05, 4.69) is 15.3 Å². The van der Waals surface area contributed by atoms with Gasteiger partial charge in [-0.3, -0.25) is 4.79 Å². The third kappa shape index (κ3) is 3.50. The lowest BCUT2D eigenvalue weighted by molar-refractivity contribution is 0.0776. The maximum absolute atomic E-state index is 12.7. The van der Waals surface area contributed by atoms with Gasteiger partial charge in [0.1, 0.15) is 5.82 Å². The number of amides is 1. The number of carbonyl (C=O) groups is 1. The van der Waals surface area contributed by atoms with Crippen molar-refractivity contribution < 1.29 is 9.90 Å². The van der Waals surface area contributed by atoms with Crippen LogP contribution in [0.25, 0.3) is 0 Å². The highest BCUT2D eigenvalue weighted by molar-refractivity contribution is 5.97. The summed E-state index contributed by atoms with van der Waals surface area (Å²) in [5.41, 5.74) is 1.12. The number of aromatic nitrogens is 2. The molecule has 1 atom stereocenters. The second-order valence-electron chi connectivity index (χ2n) is 5.76. The van der Waals surface area contributed by atoms with Gasteiger partial charge in [-0.1, -0.05) is 13.8 Å². The maximum Gasteiger partial charge on any atom is 0.274 e. The molecule has 6 nitrogen and oxygen atoms in total. The molecule has 21 heavy (non-hydrogen) atoms. The first-order valence-electron chi connectivity index (χ1n) is 7.57. The van der Waals surface area contributed by atoms with E-state index in [1.54, 1.807) is 11.1 Å². The number of aliphatic hydroxyl groups excluding tert-OH is 1. The minimum atomic E-state index is -0.0776. The number of anilines is 1. The van der Waals surface area contributed by atoms with E-state index in [1.807, 2.05) is 20.8 Å². The summed E-state index contributed by atoms with van der Waals surface area (Å²) in [6, 6.07) is 0. The lowest BCUT2D eigenvalue weighted by atomic mass is 10.1. The molecule has 2 N–H and O–H groups in total. The van der Waals surface area contributed by atoms with Crippen LogP contribution in [0.3, 0.4) is 0 Å². The van der Waals surface area contributed by atoms with Crippen LogP contribution in [0.2, 0.25) is 0 Å². The third-order valence-corrected chi connectivity index (χ3v) is 3.72. The standard InChI is InChI=1S/C15H24N4O2/c1-4-16-12-7-17-14(10(2)3)18-13(12)15(21)19-6-5-11(8-19)9-20/h7,10-11,16,20H,4-6,8-9H2,1-3H3. The van der Waals surface area contributed by atoms with E-state index < -0.39 is 0 Å². The SMILES string of the molecule is CCNc1cnc(C(C)C)nc1C(=O)N1CCC(CO)C1. The Morgan fingerprint density at radius 3 is 2.90 bits per heavy atom. The molecule has 1 amide bonds. The molecular weight excluding hydrogens is 268 g/mol. The molecule has 0 radical (unpaired) electrons. The summed E-state index contributed by atoms with van der Waals surface area (Å²) in [5.74, 6) is 0.961. The number of rotatable bonds is 5. The fraction of sp³-hybridized carbons (Fsp3) is 0.667. The number of hydrogen-bond acceptors (Lipinski definition) is 5. The molecule has 1 aliphatic heterocycles. The Labute approximate surface area is 125 Å². The van der Waals surface area contributed by atoms with Gasteiger partial charge in [-0.2, -0.15) is 0 Å². The topological polar surface area (TPSA) is 78.4 Å². The van der Waals surface area contributed by atoms with Gasteiger partial charge >= 0.3 is 0 Å². The Morgan fingerprint density at radius 1 is 1.57 bits per heavy atom. The zero-order valence-electron chi connectivity index (χ0n) is 13.0. The zero-order valence-corrected chi connectivity index (χ0v) is 13.0. The number of hydrogen-bond donors (Lipinski definition) is 2. The third-order valence-electron chi connectivity index (χ3n) is 3.72. The first-order valence-corrected chi connectivity index (χ1v) is 7.57. The molecule has 1 unspecified atom stereocenters. The van der Waals surface area contributed by atoms with Gasteiger partial charge in [-0.05, 0) is 13.3 Å². The molecule has 0 aromatic carbocycles. The summed E-state index contributed by atoms with van der Waals surface area (Å²) in [6.45, 7) is 8.11. The van der Waals surface area contributed by atoms with Crippen LogP contribution in [0.4, 0.5) is 5.69 Å². The molecule has 0 spiro atoms. The molecule has 0 bridgehead atoms. The Balaban J connectivity index is 2.27. The van der Waals surface area contributed by atoms with Gasteiger partial charge in [0.15, 0.2) is 5.69 Å². The summed E-state index contributed by atoms with van der Waals surface area (Å²) in [4.78, 5) is 23.2. The normalized spacial score (nSPS) is 18.3. The number of nitrogens with zero attached hydrogens (tertiary/aromatic N) is 3. The average Bonchev–Trinajstić information content (AvgIpc) is 2.96. The van der Waals surface area contributed by atoms with E-state index in [0.29, 0.717) is 36.8 Å². The van der Waals surface area contributed by atoms with Gasteiger partial charge in [0.25, 0.3) is 5.91 Å². The molecule has 1 fully saturated rings. The van der Waals surface area contributed by atoms with Gasteiger partial charge in [-0.15, -0.1) is 0 Å². The van der Waals surface area contributed by atoms with Crippen molar-refractivity contribution in [2.24, 2.45) is 5.92 Å². The smallest absolute Gasteiger partial charge is 0.274 e. The van der Waals surface area contributed by atoms with Crippen molar-refractivity contribution in [2.45, 2.75) is 33.1 Å². The van der Waals surface area contributed by atoms with Crippen molar-refractivity contribution in [3.8, 4) is 0 Å².